The topological polar surface area (TPSA) is 28.7 Å². The molecule has 0 radical (unpaired) electrons. The fourth-order valence-corrected chi connectivity index (χ4v) is 6.40. The Kier molecular flexibility index (Phi) is 3.94. The van der Waals surface area contributed by atoms with E-state index >= 15 is 0 Å². The molecule has 1 aromatic carbocycles. The van der Waals surface area contributed by atoms with Gasteiger partial charge in [-0.15, -0.1) is 0 Å². The van der Waals surface area contributed by atoms with Crippen LogP contribution < -0.4 is 0 Å². The third kappa shape index (κ3) is 2.86. The lowest BCUT2D eigenvalue weighted by molar-refractivity contribution is 0.322. The second-order valence-corrected chi connectivity index (χ2v) is 9.52. The summed E-state index contributed by atoms with van der Waals surface area (Å²) in [6.45, 7) is 2.43. The van der Waals surface area contributed by atoms with Crippen molar-refractivity contribution in [1.29, 1.82) is 0 Å². The summed E-state index contributed by atoms with van der Waals surface area (Å²) in [7, 11) is 0. The summed E-state index contributed by atoms with van der Waals surface area (Å²) in [5.74, 6) is 3.26. The number of aromatic amines is 1. The Hall–Kier alpha value is -2.42. The lowest BCUT2D eigenvalue weighted by atomic mass is 9.87. The van der Waals surface area contributed by atoms with Gasteiger partial charge in [-0.25, -0.2) is 9.37 Å². The number of benzene rings is 1. The molecule has 0 spiro atoms. The number of pyridine rings is 1. The smallest absolute Gasteiger partial charge is 0.151 e. The molecule has 0 aliphatic heterocycles. The zero-order chi connectivity index (χ0) is 19.5. The molecule has 2 heterocycles. The molecule has 2 nitrogen and oxygen atoms in total. The highest BCUT2D eigenvalue weighted by Gasteiger charge is 2.42. The summed E-state index contributed by atoms with van der Waals surface area (Å²) in [5, 5.41) is 0. The number of rotatable bonds is 3. The van der Waals surface area contributed by atoms with Crippen LogP contribution in [0.1, 0.15) is 55.1 Å². The van der Waals surface area contributed by atoms with Crippen molar-refractivity contribution in [3.05, 3.63) is 64.7 Å². The normalized spacial score (nSPS) is 28.0. The lowest BCUT2D eigenvalue weighted by Crippen LogP contribution is -2.13. The van der Waals surface area contributed by atoms with Crippen LogP contribution in [0.25, 0.3) is 22.7 Å². The van der Waals surface area contributed by atoms with E-state index in [9.17, 15) is 4.39 Å². The minimum absolute atomic E-state index is 0.226. The van der Waals surface area contributed by atoms with Gasteiger partial charge in [0.2, 0.25) is 0 Å². The van der Waals surface area contributed by atoms with Crippen molar-refractivity contribution in [3.63, 3.8) is 0 Å². The molecule has 2 saturated carbocycles. The summed E-state index contributed by atoms with van der Waals surface area (Å²) >= 11 is 0. The largest absolute Gasteiger partial charge is 0.357 e. The van der Waals surface area contributed by atoms with Crippen molar-refractivity contribution < 1.29 is 4.39 Å². The quantitative estimate of drug-likeness (QED) is 0.553. The van der Waals surface area contributed by atoms with Crippen molar-refractivity contribution in [2.24, 2.45) is 23.7 Å². The van der Waals surface area contributed by atoms with E-state index in [1.54, 1.807) is 6.07 Å². The number of H-pyrrole nitrogens is 1. The molecule has 1 N–H and O–H groups in total. The van der Waals surface area contributed by atoms with Crippen LogP contribution in [0.5, 0.6) is 0 Å². The van der Waals surface area contributed by atoms with Crippen molar-refractivity contribution >= 4 is 22.7 Å². The van der Waals surface area contributed by atoms with E-state index in [-0.39, 0.29) is 5.82 Å². The van der Waals surface area contributed by atoms with Crippen LogP contribution in [0.2, 0.25) is 0 Å². The number of nitrogens with one attached hydrogen (secondary N) is 1. The Morgan fingerprint density at radius 2 is 1.93 bits per heavy atom. The lowest BCUT2D eigenvalue weighted by Gasteiger charge is -2.18. The highest BCUT2D eigenvalue weighted by atomic mass is 19.1. The van der Waals surface area contributed by atoms with Crippen molar-refractivity contribution in [1.82, 2.24) is 9.97 Å². The van der Waals surface area contributed by atoms with Crippen LogP contribution in [0.4, 0.5) is 4.39 Å². The molecule has 3 aliphatic carbocycles. The van der Waals surface area contributed by atoms with Gasteiger partial charge in [0.05, 0.1) is 11.0 Å². The molecule has 29 heavy (non-hydrogen) atoms. The van der Waals surface area contributed by atoms with Gasteiger partial charge in [0.15, 0.2) is 5.82 Å². The second-order valence-electron chi connectivity index (χ2n) is 9.52. The molecule has 3 aromatic rings. The van der Waals surface area contributed by atoms with Gasteiger partial charge in [-0.2, -0.15) is 0 Å². The van der Waals surface area contributed by atoms with Crippen LogP contribution in [0.3, 0.4) is 0 Å². The van der Waals surface area contributed by atoms with E-state index in [1.807, 2.05) is 12.1 Å². The molecule has 3 heteroatoms. The summed E-state index contributed by atoms with van der Waals surface area (Å²) in [6, 6.07) is 12.1. The maximum absolute atomic E-state index is 14.9. The standard InChI is InChI=1S/C26H27FN2/c1-15-6-8-22-18(7-9-21(15)22)12-20-13-24-25(28-20)14-23(27)26(29-24)19-10-16-4-2-3-5-17(16)11-19/h2-5,10,13-15,18,21-22,28H,6-9,11-12H2,1H3. The molecular formula is C26H27FN2. The molecule has 148 valence electrons. The van der Waals surface area contributed by atoms with E-state index in [4.69, 9.17) is 4.98 Å². The molecule has 0 bridgehead atoms. The third-order valence-corrected chi connectivity index (χ3v) is 7.88. The number of hydrogen-bond donors (Lipinski definition) is 1. The predicted octanol–water partition coefficient (Wildman–Crippen LogP) is 6.41. The third-order valence-electron chi connectivity index (χ3n) is 7.88. The van der Waals surface area contributed by atoms with E-state index in [1.165, 1.54) is 42.5 Å². The van der Waals surface area contributed by atoms with Crippen LogP contribution in [-0.4, -0.2) is 9.97 Å². The molecule has 0 amide bonds. The maximum Gasteiger partial charge on any atom is 0.151 e. The first-order valence-corrected chi connectivity index (χ1v) is 11.1. The van der Waals surface area contributed by atoms with Gasteiger partial charge in [-0.05, 0) is 78.2 Å². The Balaban J connectivity index is 1.28. The number of aromatic nitrogens is 2. The molecule has 6 rings (SSSR count). The van der Waals surface area contributed by atoms with Crippen molar-refractivity contribution in [3.8, 4) is 0 Å². The fourth-order valence-electron chi connectivity index (χ4n) is 6.40. The summed E-state index contributed by atoms with van der Waals surface area (Å²) in [5.41, 5.74) is 6.85. The molecule has 3 aliphatic rings. The first kappa shape index (κ1) is 17.4. The first-order chi connectivity index (χ1) is 14.2. The first-order valence-electron chi connectivity index (χ1n) is 11.1. The van der Waals surface area contributed by atoms with Gasteiger partial charge in [-0.1, -0.05) is 37.6 Å². The van der Waals surface area contributed by atoms with Crippen molar-refractivity contribution in [2.75, 3.05) is 0 Å². The van der Waals surface area contributed by atoms with Gasteiger partial charge in [0, 0.05) is 18.2 Å². The van der Waals surface area contributed by atoms with Crippen LogP contribution in [0.15, 0.2) is 36.4 Å². The molecule has 2 aromatic heterocycles. The Morgan fingerprint density at radius 3 is 2.83 bits per heavy atom. The number of nitrogens with zero attached hydrogens (tertiary/aromatic N) is 1. The number of hydrogen-bond acceptors (Lipinski definition) is 1. The van der Waals surface area contributed by atoms with E-state index in [0.29, 0.717) is 5.69 Å². The predicted molar refractivity (Wildman–Crippen MR) is 116 cm³/mol. The average Bonchev–Trinajstić information content (AvgIpc) is 3.46. The highest BCUT2D eigenvalue weighted by molar-refractivity contribution is 5.89. The number of allylic oxidation sites excluding steroid dienone is 1. The second kappa shape index (κ2) is 6.55. The zero-order valence-corrected chi connectivity index (χ0v) is 16.9. The summed E-state index contributed by atoms with van der Waals surface area (Å²) < 4.78 is 14.9. The molecule has 4 unspecified atom stereocenters. The van der Waals surface area contributed by atoms with Crippen LogP contribution in [0, 0.1) is 29.5 Å². The number of fused-ring (bicyclic) bond motifs is 3. The SMILES string of the molecule is CC1CCC2C(Cc3cc4nc(C5=Cc6ccccc6C5)c(F)cc4[nH]3)CCC12. The Labute approximate surface area is 171 Å². The molecule has 2 fully saturated rings. The maximum atomic E-state index is 14.9. The van der Waals surface area contributed by atoms with E-state index in [2.05, 4.69) is 36.2 Å². The van der Waals surface area contributed by atoms with Gasteiger partial charge in [0.25, 0.3) is 0 Å². The molecular weight excluding hydrogens is 359 g/mol. The number of halogens is 1. The highest BCUT2D eigenvalue weighted by Crippen LogP contribution is 2.51. The average molecular weight is 387 g/mol. The molecule has 4 atom stereocenters. The van der Waals surface area contributed by atoms with E-state index in [0.717, 1.165) is 53.1 Å². The van der Waals surface area contributed by atoms with E-state index < -0.39 is 0 Å². The Morgan fingerprint density at radius 1 is 1.07 bits per heavy atom. The zero-order valence-electron chi connectivity index (χ0n) is 16.9. The van der Waals surface area contributed by atoms with Gasteiger partial charge >= 0.3 is 0 Å². The fraction of sp³-hybridized carbons (Fsp3) is 0.423. The molecule has 0 saturated heterocycles. The van der Waals surface area contributed by atoms with Crippen LogP contribution in [-0.2, 0) is 12.8 Å². The van der Waals surface area contributed by atoms with Crippen molar-refractivity contribution in [2.45, 2.75) is 45.4 Å². The summed E-state index contributed by atoms with van der Waals surface area (Å²) in [6.07, 6.45) is 9.44. The van der Waals surface area contributed by atoms with Gasteiger partial charge in [-0.3, -0.25) is 0 Å². The minimum atomic E-state index is -0.226. The van der Waals surface area contributed by atoms with Gasteiger partial charge < -0.3 is 4.98 Å². The summed E-state index contributed by atoms with van der Waals surface area (Å²) in [4.78, 5) is 8.21. The van der Waals surface area contributed by atoms with Gasteiger partial charge in [0.1, 0.15) is 5.69 Å². The van der Waals surface area contributed by atoms with Crippen LogP contribution >= 0.6 is 0 Å². The minimum Gasteiger partial charge on any atom is -0.357 e. The monoisotopic (exact) mass is 386 g/mol. The Bertz CT molecular complexity index is 1120.